The highest BCUT2D eigenvalue weighted by Crippen LogP contribution is 2.21. The Morgan fingerprint density at radius 3 is 2.83 bits per heavy atom. The lowest BCUT2D eigenvalue weighted by molar-refractivity contribution is 0.626. The second-order valence-electron chi connectivity index (χ2n) is 5.11. The van der Waals surface area contributed by atoms with Gasteiger partial charge in [0.1, 0.15) is 11.5 Å². The second-order valence-corrected chi connectivity index (χ2v) is 5.11. The van der Waals surface area contributed by atoms with Crippen LogP contribution in [0, 0.1) is 5.82 Å². The number of imidazole rings is 1. The van der Waals surface area contributed by atoms with Gasteiger partial charge in [-0.3, -0.25) is 9.97 Å². The van der Waals surface area contributed by atoms with E-state index in [1.807, 2.05) is 16.8 Å². The zero-order chi connectivity index (χ0) is 15.6. The van der Waals surface area contributed by atoms with E-state index in [0.717, 1.165) is 16.5 Å². The van der Waals surface area contributed by atoms with Gasteiger partial charge >= 0.3 is 0 Å². The van der Waals surface area contributed by atoms with Gasteiger partial charge in [0.25, 0.3) is 0 Å². The number of rotatable bonds is 3. The van der Waals surface area contributed by atoms with Crippen molar-refractivity contribution >= 4 is 10.9 Å². The summed E-state index contributed by atoms with van der Waals surface area (Å²) >= 11 is 0. The Kier molecular flexibility index (Phi) is 3.27. The lowest BCUT2D eigenvalue weighted by Gasteiger charge is -2.10. The monoisotopic (exact) mass is 305 g/mol. The van der Waals surface area contributed by atoms with Crippen molar-refractivity contribution in [1.29, 1.82) is 0 Å². The lowest BCUT2D eigenvalue weighted by atomic mass is 10.1. The Morgan fingerprint density at radius 1 is 1.00 bits per heavy atom. The molecule has 5 nitrogen and oxygen atoms in total. The van der Waals surface area contributed by atoms with Gasteiger partial charge in [-0.2, -0.15) is 0 Å². The number of benzene rings is 1. The molecular formula is C17H12FN5. The first-order valence-electron chi connectivity index (χ1n) is 7.12. The van der Waals surface area contributed by atoms with Crippen molar-refractivity contribution in [2.75, 3.05) is 0 Å². The molecule has 1 aromatic carbocycles. The van der Waals surface area contributed by atoms with Gasteiger partial charge in [-0.05, 0) is 18.2 Å². The normalized spacial score (nSPS) is 11.0. The predicted octanol–water partition coefficient (Wildman–Crippen LogP) is 3.08. The van der Waals surface area contributed by atoms with E-state index in [1.165, 1.54) is 12.1 Å². The van der Waals surface area contributed by atoms with Crippen LogP contribution in [0.4, 0.5) is 4.39 Å². The van der Waals surface area contributed by atoms with Crippen molar-refractivity contribution < 1.29 is 4.39 Å². The van der Waals surface area contributed by atoms with Crippen molar-refractivity contribution in [3.63, 3.8) is 0 Å². The minimum atomic E-state index is -0.276. The van der Waals surface area contributed by atoms with E-state index in [9.17, 15) is 4.39 Å². The summed E-state index contributed by atoms with van der Waals surface area (Å²) < 4.78 is 15.8. The molecule has 112 valence electrons. The Balaban J connectivity index is 1.80. The summed E-state index contributed by atoms with van der Waals surface area (Å²) in [6.45, 7) is 0.456. The summed E-state index contributed by atoms with van der Waals surface area (Å²) in [5, 5.41) is 0.781. The quantitative estimate of drug-likeness (QED) is 0.583. The molecule has 23 heavy (non-hydrogen) atoms. The van der Waals surface area contributed by atoms with Crippen molar-refractivity contribution in [2.24, 2.45) is 0 Å². The highest BCUT2D eigenvalue weighted by molar-refractivity contribution is 5.81. The summed E-state index contributed by atoms with van der Waals surface area (Å²) in [7, 11) is 0. The van der Waals surface area contributed by atoms with E-state index in [0.29, 0.717) is 18.1 Å². The zero-order valence-electron chi connectivity index (χ0n) is 12.1. The van der Waals surface area contributed by atoms with Gasteiger partial charge in [-0.25, -0.2) is 14.4 Å². The molecule has 0 radical (unpaired) electrons. The van der Waals surface area contributed by atoms with Crippen LogP contribution in [0.2, 0.25) is 0 Å². The molecular weight excluding hydrogens is 293 g/mol. The fourth-order valence-corrected chi connectivity index (χ4v) is 2.62. The highest BCUT2D eigenvalue weighted by atomic mass is 19.1. The summed E-state index contributed by atoms with van der Waals surface area (Å²) in [5.74, 6) is 0.410. The Morgan fingerprint density at radius 2 is 1.96 bits per heavy atom. The fourth-order valence-electron chi connectivity index (χ4n) is 2.62. The van der Waals surface area contributed by atoms with Crippen LogP contribution in [0.5, 0.6) is 0 Å². The molecule has 4 rings (SSSR count). The van der Waals surface area contributed by atoms with Crippen LogP contribution in [0.15, 0.2) is 61.4 Å². The summed E-state index contributed by atoms with van der Waals surface area (Å²) in [5.41, 5.74) is 2.25. The highest BCUT2D eigenvalue weighted by Gasteiger charge is 2.11. The molecule has 0 saturated carbocycles. The van der Waals surface area contributed by atoms with Gasteiger partial charge in [0.05, 0.1) is 18.3 Å². The van der Waals surface area contributed by atoms with Crippen molar-refractivity contribution in [2.45, 2.75) is 6.54 Å². The SMILES string of the molecule is Fc1cc(Cn2ccnc2-c2cnccn2)c2ncccc2c1. The molecule has 0 spiro atoms. The molecule has 4 aromatic rings. The van der Waals surface area contributed by atoms with Gasteiger partial charge in [0.2, 0.25) is 0 Å². The first-order valence-corrected chi connectivity index (χ1v) is 7.12. The topological polar surface area (TPSA) is 56.5 Å². The smallest absolute Gasteiger partial charge is 0.160 e. The number of hydrogen-bond donors (Lipinski definition) is 0. The molecule has 0 amide bonds. The van der Waals surface area contributed by atoms with E-state index < -0.39 is 0 Å². The number of halogens is 1. The van der Waals surface area contributed by atoms with Gasteiger partial charge in [-0.15, -0.1) is 0 Å². The third-order valence-corrected chi connectivity index (χ3v) is 3.60. The molecule has 0 fully saturated rings. The predicted molar refractivity (Wildman–Crippen MR) is 84.1 cm³/mol. The first-order chi connectivity index (χ1) is 11.3. The molecule has 3 aromatic heterocycles. The van der Waals surface area contributed by atoms with E-state index >= 15 is 0 Å². The van der Waals surface area contributed by atoms with Crippen LogP contribution < -0.4 is 0 Å². The Labute approximate surface area is 131 Å². The molecule has 6 heteroatoms. The van der Waals surface area contributed by atoms with E-state index in [1.54, 1.807) is 37.1 Å². The zero-order valence-corrected chi connectivity index (χ0v) is 12.1. The molecule has 0 bridgehead atoms. The minimum absolute atomic E-state index is 0.276. The van der Waals surface area contributed by atoms with Gasteiger partial charge in [-0.1, -0.05) is 6.07 Å². The van der Waals surface area contributed by atoms with Gasteiger partial charge in [0, 0.05) is 41.9 Å². The third kappa shape index (κ3) is 2.55. The second kappa shape index (κ2) is 5.57. The van der Waals surface area contributed by atoms with E-state index in [-0.39, 0.29) is 5.82 Å². The van der Waals surface area contributed by atoms with Crippen molar-refractivity contribution in [1.82, 2.24) is 24.5 Å². The largest absolute Gasteiger partial charge is 0.325 e. The Bertz CT molecular complexity index is 965. The van der Waals surface area contributed by atoms with Crippen LogP contribution in [-0.2, 0) is 6.54 Å². The van der Waals surface area contributed by atoms with E-state index in [4.69, 9.17) is 0 Å². The Hall–Kier alpha value is -3.15. The fraction of sp³-hybridized carbons (Fsp3) is 0.0588. The summed E-state index contributed by atoms with van der Waals surface area (Å²) in [6, 6.07) is 6.65. The molecule has 3 heterocycles. The number of pyridine rings is 1. The number of nitrogens with zero attached hydrogens (tertiary/aromatic N) is 5. The van der Waals surface area contributed by atoms with Gasteiger partial charge in [0.15, 0.2) is 5.82 Å². The van der Waals surface area contributed by atoms with E-state index in [2.05, 4.69) is 19.9 Å². The number of aromatic nitrogens is 5. The average Bonchev–Trinajstić information content (AvgIpc) is 3.04. The summed E-state index contributed by atoms with van der Waals surface area (Å²) in [6.07, 6.45) is 10.1. The lowest BCUT2D eigenvalue weighted by Crippen LogP contribution is -2.04. The maximum atomic E-state index is 13.9. The van der Waals surface area contributed by atoms with Crippen LogP contribution >= 0.6 is 0 Å². The van der Waals surface area contributed by atoms with Crippen LogP contribution in [-0.4, -0.2) is 24.5 Å². The third-order valence-electron chi connectivity index (χ3n) is 3.60. The van der Waals surface area contributed by atoms with Crippen molar-refractivity contribution in [3.8, 4) is 11.5 Å². The summed E-state index contributed by atoms with van der Waals surface area (Å²) in [4.78, 5) is 17.0. The molecule has 0 unspecified atom stereocenters. The molecule has 0 N–H and O–H groups in total. The van der Waals surface area contributed by atoms with Crippen LogP contribution in [0.25, 0.3) is 22.4 Å². The van der Waals surface area contributed by atoms with Crippen molar-refractivity contribution in [3.05, 3.63) is 72.8 Å². The average molecular weight is 305 g/mol. The molecule has 0 atom stereocenters. The van der Waals surface area contributed by atoms with Crippen LogP contribution in [0.1, 0.15) is 5.56 Å². The standard InChI is InChI=1S/C17H12FN5/c18-14-8-12-2-1-3-21-16(12)13(9-14)11-23-7-6-22-17(23)15-10-19-4-5-20-15/h1-10H,11H2. The molecule has 0 aliphatic rings. The molecule has 0 saturated heterocycles. The van der Waals surface area contributed by atoms with Crippen LogP contribution in [0.3, 0.4) is 0 Å². The maximum absolute atomic E-state index is 13.9. The maximum Gasteiger partial charge on any atom is 0.160 e. The first kappa shape index (κ1) is 13.5. The molecule has 0 aliphatic carbocycles. The molecule has 0 aliphatic heterocycles. The van der Waals surface area contributed by atoms with Gasteiger partial charge < -0.3 is 4.57 Å². The minimum Gasteiger partial charge on any atom is -0.325 e. The number of fused-ring (bicyclic) bond motifs is 1. The number of hydrogen-bond acceptors (Lipinski definition) is 4.